The van der Waals surface area contributed by atoms with Crippen LogP contribution in [0.15, 0.2) is 23.7 Å². The van der Waals surface area contributed by atoms with Gasteiger partial charge in [0.1, 0.15) is 5.82 Å². The molecule has 0 fully saturated rings. The maximum absolute atomic E-state index is 12.2. The lowest BCUT2D eigenvalue weighted by Gasteiger charge is -2.27. The first kappa shape index (κ1) is 14.2. The number of aromatic nitrogens is 2. The number of hydrogen-bond donors (Lipinski definition) is 1. The van der Waals surface area contributed by atoms with E-state index < -0.39 is 0 Å². The molecule has 0 aliphatic carbocycles. The van der Waals surface area contributed by atoms with Gasteiger partial charge in [-0.1, -0.05) is 0 Å². The van der Waals surface area contributed by atoms with E-state index in [0.717, 1.165) is 31.0 Å². The van der Waals surface area contributed by atoms with Crippen LogP contribution in [0.3, 0.4) is 0 Å². The van der Waals surface area contributed by atoms with Gasteiger partial charge in [-0.15, -0.1) is 11.3 Å². The second-order valence-electron chi connectivity index (χ2n) is 5.13. The van der Waals surface area contributed by atoms with Crippen LogP contribution in [-0.2, 0) is 24.3 Å². The highest BCUT2D eigenvalue weighted by atomic mass is 32.1. The van der Waals surface area contributed by atoms with Crippen LogP contribution in [0, 0.1) is 6.92 Å². The second kappa shape index (κ2) is 6.32. The summed E-state index contributed by atoms with van der Waals surface area (Å²) in [6.45, 7) is 4.36. The van der Waals surface area contributed by atoms with Gasteiger partial charge in [-0.3, -0.25) is 4.79 Å². The van der Waals surface area contributed by atoms with Crippen molar-refractivity contribution in [3.8, 4) is 0 Å². The van der Waals surface area contributed by atoms with E-state index in [1.807, 2.05) is 17.9 Å². The molecule has 110 valence electrons. The number of amides is 1. The number of carbonyl (C=O) groups is 1. The van der Waals surface area contributed by atoms with E-state index in [0.29, 0.717) is 13.1 Å². The van der Waals surface area contributed by atoms with E-state index in [-0.39, 0.29) is 5.91 Å². The van der Waals surface area contributed by atoms with Crippen molar-refractivity contribution in [2.45, 2.75) is 26.4 Å². The molecular weight excluding hydrogens is 284 g/mol. The molecule has 1 aliphatic heterocycles. The van der Waals surface area contributed by atoms with Gasteiger partial charge in [0.25, 0.3) is 0 Å². The van der Waals surface area contributed by atoms with Gasteiger partial charge in [0.2, 0.25) is 5.91 Å². The van der Waals surface area contributed by atoms with Crippen molar-refractivity contribution in [1.82, 2.24) is 20.2 Å². The van der Waals surface area contributed by atoms with E-state index in [1.54, 1.807) is 17.5 Å². The first-order valence-corrected chi connectivity index (χ1v) is 7.92. The molecule has 0 radical (unpaired) electrons. The predicted octanol–water partition coefficient (Wildman–Crippen LogP) is 1.52. The fourth-order valence-electron chi connectivity index (χ4n) is 2.47. The standard InChI is InChI=1S/C15H18N4OS/c1-11-17-5-2-13(18-11)8-16-9-15(20)19-6-3-14-12(10-19)4-7-21-14/h2,4-5,7,16H,3,6,8-10H2,1H3. The van der Waals surface area contributed by atoms with Crippen LogP contribution >= 0.6 is 11.3 Å². The van der Waals surface area contributed by atoms with Crippen molar-refractivity contribution < 1.29 is 4.79 Å². The molecule has 0 saturated carbocycles. The summed E-state index contributed by atoms with van der Waals surface area (Å²) in [7, 11) is 0. The van der Waals surface area contributed by atoms with Gasteiger partial charge in [-0.05, 0) is 36.4 Å². The van der Waals surface area contributed by atoms with E-state index in [9.17, 15) is 4.79 Å². The summed E-state index contributed by atoms with van der Waals surface area (Å²) in [6, 6.07) is 3.99. The van der Waals surface area contributed by atoms with Crippen molar-refractivity contribution in [3.63, 3.8) is 0 Å². The van der Waals surface area contributed by atoms with Gasteiger partial charge >= 0.3 is 0 Å². The molecule has 3 rings (SSSR count). The fourth-order valence-corrected chi connectivity index (χ4v) is 3.36. The zero-order valence-corrected chi connectivity index (χ0v) is 12.8. The number of carbonyl (C=O) groups excluding carboxylic acids is 1. The van der Waals surface area contributed by atoms with E-state index in [2.05, 4.69) is 26.7 Å². The highest BCUT2D eigenvalue weighted by Gasteiger charge is 2.20. The van der Waals surface area contributed by atoms with Gasteiger partial charge in [-0.25, -0.2) is 9.97 Å². The summed E-state index contributed by atoms with van der Waals surface area (Å²) in [5.41, 5.74) is 2.21. The Balaban J connectivity index is 1.49. The lowest BCUT2D eigenvalue weighted by Crippen LogP contribution is -2.40. The van der Waals surface area contributed by atoms with Crippen LogP contribution < -0.4 is 5.32 Å². The molecule has 0 bridgehead atoms. The van der Waals surface area contributed by atoms with Crippen LogP contribution in [0.25, 0.3) is 0 Å². The largest absolute Gasteiger partial charge is 0.337 e. The van der Waals surface area contributed by atoms with Gasteiger partial charge in [0, 0.05) is 30.7 Å². The minimum Gasteiger partial charge on any atom is -0.337 e. The smallest absolute Gasteiger partial charge is 0.236 e. The van der Waals surface area contributed by atoms with Crippen molar-refractivity contribution in [3.05, 3.63) is 45.7 Å². The molecule has 0 spiro atoms. The molecule has 1 N–H and O–H groups in total. The topological polar surface area (TPSA) is 58.1 Å². The minimum atomic E-state index is 0.151. The minimum absolute atomic E-state index is 0.151. The van der Waals surface area contributed by atoms with Gasteiger partial charge in [0.15, 0.2) is 0 Å². The summed E-state index contributed by atoms with van der Waals surface area (Å²) in [4.78, 5) is 23.9. The average molecular weight is 302 g/mol. The molecule has 0 atom stereocenters. The maximum Gasteiger partial charge on any atom is 0.236 e. The van der Waals surface area contributed by atoms with Crippen molar-refractivity contribution in [2.24, 2.45) is 0 Å². The molecular formula is C15H18N4OS. The summed E-state index contributed by atoms with van der Waals surface area (Å²) in [6.07, 6.45) is 2.72. The number of fused-ring (bicyclic) bond motifs is 1. The molecule has 1 amide bonds. The van der Waals surface area contributed by atoms with E-state index in [4.69, 9.17) is 0 Å². The SMILES string of the molecule is Cc1nccc(CNCC(=O)N2CCc3sccc3C2)n1. The number of rotatable bonds is 4. The zero-order chi connectivity index (χ0) is 14.7. The third-order valence-electron chi connectivity index (χ3n) is 3.58. The lowest BCUT2D eigenvalue weighted by molar-refractivity contribution is -0.131. The quantitative estimate of drug-likeness (QED) is 0.930. The molecule has 2 aromatic rings. The van der Waals surface area contributed by atoms with Crippen LogP contribution in [0.4, 0.5) is 0 Å². The molecule has 0 unspecified atom stereocenters. The van der Waals surface area contributed by atoms with Crippen LogP contribution in [0.5, 0.6) is 0 Å². The average Bonchev–Trinajstić information content (AvgIpc) is 2.94. The summed E-state index contributed by atoms with van der Waals surface area (Å²) in [5, 5.41) is 5.27. The maximum atomic E-state index is 12.2. The summed E-state index contributed by atoms with van der Waals surface area (Å²) in [5.74, 6) is 0.902. The normalized spacial score (nSPS) is 14.0. The van der Waals surface area contributed by atoms with Crippen LogP contribution in [0.2, 0.25) is 0 Å². The Morgan fingerprint density at radius 2 is 2.38 bits per heavy atom. The Morgan fingerprint density at radius 3 is 3.24 bits per heavy atom. The highest BCUT2D eigenvalue weighted by molar-refractivity contribution is 7.10. The molecule has 0 aromatic carbocycles. The molecule has 1 aliphatic rings. The number of aryl methyl sites for hydroxylation is 1. The van der Waals surface area contributed by atoms with Crippen LogP contribution in [-0.4, -0.2) is 33.9 Å². The Bertz CT molecular complexity index is 640. The first-order valence-electron chi connectivity index (χ1n) is 7.04. The Kier molecular flexibility index (Phi) is 4.26. The number of nitrogens with one attached hydrogen (secondary N) is 1. The van der Waals surface area contributed by atoms with Crippen molar-refractivity contribution >= 4 is 17.2 Å². The highest BCUT2D eigenvalue weighted by Crippen LogP contribution is 2.23. The molecule has 2 aromatic heterocycles. The molecule has 5 nitrogen and oxygen atoms in total. The monoisotopic (exact) mass is 302 g/mol. The summed E-state index contributed by atoms with van der Waals surface area (Å²) >= 11 is 1.79. The van der Waals surface area contributed by atoms with Crippen molar-refractivity contribution in [1.29, 1.82) is 0 Å². The molecule has 3 heterocycles. The van der Waals surface area contributed by atoms with E-state index in [1.165, 1.54) is 10.4 Å². The molecule has 0 saturated heterocycles. The Hall–Kier alpha value is -1.79. The Morgan fingerprint density at radius 1 is 1.48 bits per heavy atom. The lowest BCUT2D eigenvalue weighted by atomic mass is 10.1. The number of nitrogens with zero attached hydrogens (tertiary/aromatic N) is 3. The third-order valence-corrected chi connectivity index (χ3v) is 4.60. The van der Waals surface area contributed by atoms with Gasteiger partial charge in [-0.2, -0.15) is 0 Å². The van der Waals surface area contributed by atoms with Gasteiger partial charge in [0.05, 0.1) is 12.2 Å². The Labute approximate surface area is 128 Å². The molecule has 21 heavy (non-hydrogen) atoms. The first-order chi connectivity index (χ1) is 10.2. The summed E-state index contributed by atoms with van der Waals surface area (Å²) < 4.78 is 0. The molecule has 6 heteroatoms. The van der Waals surface area contributed by atoms with Gasteiger partial charge < -0.3 is 10.2 Å². The number of thiophene rings is 1. The second-order valence-corrected chi connectivity index (χ2v) is 6.13. The third kappa shape index (κ3) is 3.46. The van der Waals surface area contributed by atoms with E-state index >= 15 is 0 Å². The number of hydrogen-bond acceptors (Lipinski definition) is 5. The zero-order valence-electron chi connectivity index (χ0n) is 12.0. The van der Waals surface area contributed by atoms with Crippen LogP contribution in [0.1, 0.15) is 22.0 Å². The fraction of sp³-hybridized carbons (Fsp3) is 0.400. The predicted molar refractivity (Wildman–Crippen MR) is 81.9 cm³/mol. The van der Waals surface area contributed by atoms with Crippen molar-refractivity contribution in [2.75, 3.05) is 13.1 Å².